The number of rotatable bonds is 3. The van der Waals surface area contributed by atoms with Gasteiger partial charge in [-0.1, -0.05) is 18.2 Å². The largest absolute Gasteiger partial charge is 0.462 e. The van der Waals surface area contributed by atoms with Gasteiger partial charge in [0.1, 0.15) is 12.2 Å². The minimum absolute atomic E-state index is 0.0407. The number of esters is 2. The van der Waals surface area contributed by atoms with Crippen molar-refractivity contribution < 1.29 is 24.2 Å². The summed E-state index contributed by atoms with van der Waals surface area (Å²) in [5, 5.41) is 9.50. The van der Waals surface area contributed by atoms with Crippen LogP contribution in [0.25, 0.3) is 0 Å². The second-order valence-electron chi connectivity index (χ2n) is 5.29. The SMILES string of the molecule is O=C1C[C@@H]2C(CO)[C@H](OC(=O)c3ccccc3)C[C@@H]2O1. The molecule has 5 nitrogen and oxygen atoms in total. The van der Waals surface area contributed by atoms with Gasteiger partial charge >= 0.3 is 11.9 Å². The van der Waals surface area contributed by atoms with Gasteiger partial charge in [-0.05, 0) is 12.1 Å². The molecule has 1 unspecified atom stereocenters. The number of fused-ring (bicyclic) bond motifs is 1. The maximum Gasteiger partial charge on any atom is 0.338 e. The molecule has 3 rings (SSSR count). The first kappa shape index (κ1) is 13.1. The second kappa shape index (κ2) is 5.25. The van der Waals surface area contributed by atoms with Crippen LogP contribution in [-0.2, 0) is 14.3 Å². The van der Waals surface area contributed by atoms with Crippen LogP contribution in [0, 0.1) is 11.8 Å². The van der Waals surface area contributed by atoms with Gasteiger partial charge in [0.05, 0.1) is 12.0 Å². The summed E-state index contributed by atoms with van der Waals surface area (Å²) in [7, 11) is 0. The van der Waals surface area contributed by atoms with Gasteiger partial charge in [-0.25, -0.2) is 4.79 Å². The molecule has 1 heterocycles. The highest BCUT2D eigenvalue weighted by Gasteiger charge is 2.51. The van der Waals surface area contributed by atoms with Crippen molar-refractivity contribution in [2.24, 2.45) is 11.8 Å². The number of benzene rings is 1. The van der Waals surface area contributed by atoms with Crippen LogP contribution in [-0.4, -0.2) is 35.9 Å². The summed E-state index contributed by atoms with van der Waals surface area (Å²) in [5.74, 6) is -0.896. The fourth-order valence-electron chi connectivity index (χ4n) is 3.13. The highest BCUT2D eigenvalue weighted by atomic mass is 16.6. The summed E-state index contributed by atoms with van der Waals surface area (Å²) in [6, 6.07) is 8.74. The number of aliphatic hydroxyl groups is 1. The normalized spacial score (nSPS) is 31.8. The van der Waals surface area contributed by atoms with Crippen molar-refractivity contribution in [1.29, 1.82) is 0 Å². The molecule has 0 aromatic heterocycles. The Balaban J connectivity index is 1.69. The van der Waals surface area contributed by atoms with Crippen LogP contribution in [0.15, 0.2) is 30.3 Å². The van der Waals surface area contributed by atoms with E-state index in [1.54, 1.807) is 24.3 Å². The van der Waals surface area contributed by atoms with Crippen LogP contribution >= 0.6 is 0 Å². The van der Waals surface area contributed by atoms with Crippen LogP contribution in [0.3, 0.4) is 0 Å². The topological polar surface area (TPSA) is 72.8 Å². The molecule has 0 bridgehead atoms. The Morgan fingerprint density at radius 1 is 1.35 bits per heavy atom. The molecule has 0 spiro atoms. The Kier molecular flexibility index (Phi) is 3.44. The van der Waals surface area contributed by atoms with Gasteiger partial charge < -0.3 is 14.6 Å². The smallest absolute Gasteiger partial charge is 0.338 e. The van der Waals surface area contributed by atoms with Gasteiger partial charge in [0.25, 0.3) is 0 Å². The number of hydrogen-bond donors (Lipinski definition) is 1. The first-order valence-corrected chi connectivity index (χ1v) is 6.75. The predicted molar refractivity (Wildman–Crippen MR) is 68.8 cm³/mol. The number of carbonyl (C=O) groups excluding carboxylic acids is 2. The molecule has 1 aliphatic heterocycles. The Morgan fingerprint density at radius 2 is 2.10 bits per heavy atom. The van der Waals surface area contributed by atoms with E-state index in [1.807, 2.05) is 6.07 Å². The van der Waals surface area contributed by atoms with Crippen molar-refractivity contribution >= 4 is 11.9 Å². The van der Waals surface area contributed by atoms with E-state index in [0.29, 0.717) is 18.4 Å². The third kappa shape index (κ3) is 2.29. The van der Waals surface area contributed by atoms with E-state index in [0.717, 1.165) is 0 Å². The number of carbonyl (C=O) groups is 2. The lowest BCUT2D eigenvalue weighted by Gasteiger charge is -2.20. The molecular formula is C15H16O5. The Morgan fingerprint density at radius 3 is 2.80 bits per heavy atom. The Hall–Kier alpha value is -1.88. The maximum atomic E-state index is 12.0. The van der Waals surface area contributed by atoms with Gasteiger partial charge in [-0.2, -0.15) is 0 Å². The first-order valence-electron chi connectivity index (χ1n) is 6.75. The molecule has 0 radical (unpaired) electrons. The summed E-state index contributed by atoms with van der Waals surface area (Å²) in [6.07, 6.45) is 0.152. The van der Waals surface area contributed by atoms with E-state index in [2.05, 4.69) is 0 Å². The van der Waals surface area contributed by atoms with Crippen LogP contribution in [0.5, 0.6) is 0 Å². The zero-order valence-electron chi connectivity index (χ0n) is 10.9. The number of ether oxygens (including phenoxy) is 2. The van der Waals surface area contributed by atoms with Crippen molar-refractivity contribution in [3.63, 3.8) is 0 Å². The highest BCUT2D eigenvalue weighted by Crippen LogP contribution is 2.42. The average Bonchev–Trinajstić information content (AvgIpc) is 2.95. The lowest BCUT2D eigenvalue weighted by molar-refractivity contribution is -0.141. The second-order valence-corrected chi connectivity index (χ2v) is 5.29. The molecule has 2 aliphatic rings. The molecule has 1 saturated carbocycles. The highest BCUT2D eigenvalue weighted by molar-refractivity contribution is 5.89. The third-order valence-corrected chi connectivity index (χ3v) is 4.13. The lowest BCUT2D eigenvalue weighted by Crippen LogP contribution is -2.28. The molecule has 2 fully saturated rings. The van der Waals surface area contributed by atoms with E-state index in [9.17, 15) is 14.7 Å². The molecule has 20 heavy (non-hydrogen) atoms. The van der Waals surface area contributed by atoms with E-state index in [-0.39, 0.29) is 30.5 Å². The molecule has 1 aliphatic carbocycles. The molecule has 0 amide bonds. The predicted octanol–water partition coefficient (Wildman–Crippen LogP) is 1.16. The molecule has 4 atom stereocenters. The van der Waals surface area contributed by atoms with E-state index < -0.39 is 12.1 Å². The van der Waals surface area contributed by atoms with Gasteiger partial charge in [-0.3, -0.25) is 4.79 Å². The molecule has 106 valence electrons. The molecular weight excluding hydrogens is 260 g/mol. The monoisotopic (exact) mass is 276 g/mol. The summed E-state index contributed by atoms with van der Waals surface area (Å²) in [5.41, 5.74) is 0.484. The van der Waals surface area contributed by atoms with E-state index in [4.69, 9.17) is 9.47 Å². The fraction of sp³-hybridized carbons (Fsp3) is 0.467. The summed E-state index contributed by atoms with van der Waals surface area (Å²) < 4.78 is 10.7. The quantitative estimate of drug-likeness (QED) is 0.839. The number of aliphatic hydroxyl groups excluding tert-OH is 1. The molecule has 1 aromatic carbocycles. The van der Waals surface area contributed by atoms with Crippen LogP contribution in [0.1, 0.15) is 23.2 Å². The van der Waals surface area contributed by atoms with Gasteiger partial charge in [0.2, 0.25) is 0 Å². The van der Waals surface area contributed by atoms with Crippen molar-refractivity contribution in [3.8, 4) is 0 Å². The minimum Gasteiger partial charge on any atom is -0.462 e. The summed E-state index contributed by atoms with van der Waals surface area (Å²) in [6.45, 7) is -0.107. The van der Waals surface area contributed by atoms with Crippen LogP contribution in [0.2, 0.25) is 0 Å². The molecule has 5 heteroatoms. The van der Waals surface area contributed by atoms with E-state index >= 15 is 0 Å². The zero-order valence-corrected chi connectivity index (χ0v) is 10.9. The zero-order chi connectivity index (χ0) is 14.1. The van der Waals surface area contributed by atoms with Gasteiger partial charge in [-0.15, -0.1) is 0 Å². The van der Waals surface area contributed by atoms with Gasteiger partial charge in [0.15, 0.2) is 0 Å². The summed E-state index contributed by atoms with van der Waals surface area (Å²) in [4.78, 5) is 23.3. The minimum atomic E-state index is -0.402. The Bertz CT molecular complexity index is 512. The first-order chi connectivity index (χ1) is 9.69. The average molecular weight is 276 g/mol. The van der Waals surface area contributed by atoms with Crippen LogP contribution < -0.4 is 0 Å². The van der Waals surface area contributed by atoms with Crippen molar-refractivity contribution in [1.82, 2.24) is 0 Å². The third-order valence-electron chi connectivity index (χ3n) is 4.13. The van der Waals surface area contributed by atoms with Crippen molar-refractivity contribution in [3.05, 3.63) is 35.9 Å². The van der Waals surface area contributed by atoms with Crippen molar-refractivity contribution in [2.45, 2.75) is 25.0 Å². The standard InChI is InChI=1S/C15H16O5/c16-8-11-10-6-14(17)19-12(10)7-13(11)20-15(18)9-4-2-1-3-5-9/h1-5,10-13,16H,6-8H2/t10-,11?,12+,13-/m1/s1. The van der Waals surface area contributed by atoms with Crippen molar-refractivity contribution in [2.75, 3.05) is 6.61 Å². The fourth-order valence-corrected chi connectivity index (χ4v) is 3.13. The molecule has 1 N–H and O–H groups in total. The Labute approximate surface area is 116 Å². The van der Waals surface area contributed by atoms with E-state index in [1.165, 1.54) is 0 Å². The lowest BCUT2D eigenvalue weighted by atomic mass is 9.93. The molecule has 1 saturated heterocycles. The maximum absolute atomic E-state index is 12.0. The van der Waals surface area contributed by atoms with Gasteiger partial charge in [0, 0.05) is 24.9 Å². The van der Waals surface area contributed by atoms with Crippen LogP contribution in [0.4, 0.5) is 0 Å². The number of hydrogen-bond acceptors (Lipinski definition) is 5. The molecule has 1 aromatic rings. The summed E-state index contributed by atoms with van der Waals surface area (Å²) >= 11 is 0.